The van der Waals surface area contributed by atoms with Crippen LogP contribution in [0.5, 0.6) is 11.5 Å². The fourth-order valence-electron chi connectivity index (χ4n) is 3.19. The van der Waals surface area contributed by atoms with Gasteiger partial charge in [-0.3, -0.25) is 9.59 Å². The Morgan fingerprint density at radius 2 is 1.68 bits per heavy atom. The minimum Gasteiger partial charge on any atom is -0.493 e. The third kappa shape index (κ3) is 3.86. The topological polar surface area (TPSA) is 69.6 Å². The Bertz CT molecular complexity index is 1040. The molecule has 0 bridgehead atoms. The molecule has 0 fully saturated rings. The lowest BCUT2D eigenvalue weighted by Crippen LogP contribution is -2.29. The van der Waals surface area contributed by atoms with E-state index >= 15 is 0 Å². The molecule has 0 saturated heterocycles. The molecule has 2 aromatic carbocycles. The second-order valence-electron chi connectivity index (χ2n) is 6.38. The van der Waals surface area contributed by atoms with E-state index in [0.717, 1.165) is 12.0 Å². The van der Waals surface area contributed by atoms with E-state index in [-0.39, 0.29) is 11.5 Å². The van der Waals surface area contributed by atoms with Gasteiger partial charge in [-0.15, -0.1) is 0 Å². The van der Waals surface area contributed by atoms with Gasteiger partial charge in [-0.25, -0.2) is 0 Å². The number of nitrogens with zero attached hydrogens (tertiary/aromatic N) is 1. The Hall–Kier alpha value is -3.28. The summed E-state index contributed by atoms with van der Waals surface area (Å²) in [4.78, 5) is 25.6. The van der Waals surface area contributed by atoms with Crippen LogP contribution < -0.4 is 20.3 Å². The molecule has 3 rings (SSSR count). The average Bonchev–Trinajstić information content (AvgIpc) is 2.73. The number of methoxy groups -OCH3 is 2. The van der Waals surface area contributed by atoms with E-state index in [9.17, 15) is 9.59 Å². The first-order valence-electron chi connectivity index (χ1n) is 9.20. The van der Waals surface area contributed by atoms with Crippen molar-refractivity contribution < 1.29 is 14.3 Å². The number of rotatable bonds is 7. The van der Waals surface area contributed by atoms with Gasteiger partial charge in [0.1, 0.15) is 0 Å². The molecule has 1 amide bonds. The summed E-state index contributed by atoms with van der Waals surface area (Å²) in [5.41, 5.74) is 1.42. The SMILES string of the molecule is CCn1cc(C(=O)NCCc2ccccc2)c2cc(OC)c(OC)cc2c1=O. The van der Waals surface area contributed by atoms with Gasteiger partial charge < -0.3 is 19.4 Å². The number of pyridine rings is 1. The zero-order valence-corrected chi connectivity index (χ0v) is 16.3. The molecular formula is C22H24N2O4. The number of carbonyl (C=O) groups is 1. The first-order valence-corrected chi connectivity index (χ1v) is 9.20. The molecule has 0 atom stereocenters. The van der Waals surface area contributed by atoms with Gasteiger partial charge in [-0.2, -0.15) is 0 Å². The molecule has 28 heavy (non-hydrogen) atoms. The molecular weight excluding hydrogens is 356 g/mol. The van der Waals surface area contributed by atoms with Crippen molar-refractivity contribution in [2.24, 2.45) is 0 Å². The molecule has 0 unspecified atom stereocenters. The van der Waals surface area contributed by atoms with Crippen LogP contribution in [0.3, 0.4) is 0 Å². The van der Waals surface area contributed by atoms with Crippen LogP contribution in [-0.4, -0.2) is 31.2 Å². The number of fused-ring (bicyclic) bond motifs is 1. The van der Waals surface area contributed by atoms with Crippen LogP contribution in [0.25, 0.3) is 10.8 Å². The highest BCUT2D eigenvalue weighted by Crippen LogP contribution is 2.32. The van der Waals surface area contributed by atoms with Crippen molar-refractivity contribution in [1.29, 1.82) is 0 Å². The fraction of sp³-hybridized carbons (Fsp3) is 0.273. The molecule has 0 saturated carbocycles. The summed E-state index contributed by atoms with van der Waals surface area (Å²) in [6, 6.07) is 13.3. The standard InChI is InChI=1S/C22H24N2O4/c1-4-24-14-18(21(25)23-11-10-15-8-6-5-7-9-15)16-12-19(27-2)20(28-3)13-17(16)22(24)26/h5-9,12-14H,4,10-11H2,1-3H3,(H,23,25). The molecule has 1 heterocycles. The van der Waals surface area contributed by atoms with Crippen LogP contribution in [0.2, 0.25) is 0 Å². The summed E-state index contributed by atoms with van der Waals surface area (Å²) in [5, 5.41) is 3.92. The summed E-state index contributed by atoms with van der Waals surface area (Å²) >= 11 is 0. The minimum atomic E-state index is -0.227. The molecule has 6 nitrogen and oxygen atoms in total. The zero-order valence-electron chi connectivity index (χ0n) is 16.3. The van der Waals surface area contributed by atoms with Crippen LogP contribution in [0.1, 0.15) is 22.8 Å². The fourth-order valence-corrected chi connectivity index (χ4v) is 3.19. The van der Waals surface area contributed by atoms with Gasteiger partial charge in [0.15, 0.2) is 11.5 Å². The smallest absolute Gasteiger partial charge is 0.258 e. The number of carbonyl (C=O) groups excluding carboxylic acids is 1. The van der Waals surface area contributed by atoms with Gasteiger partial charge in [0.25, 0.3) is 11.5 Å². The van der Waals surface area contributed by atoms with Crippen molar-refractivity contribution in [3.63, 3.8) is 0 Å². The molecule has 1 N–H and O–H groups in total. The predicted molar refractivity (Wildman–Crippen MR) is 109 cm³/mol. The van der Waals surface area contributed by atoms with E-state index in [1.54, 1.807) is 18.3 Å². The number of aromatic nitrogens is 1. The summed E-state index contributed by atoms with van der Waals surface area (Å²) in [5.74, 6) is 0.703. The Morgan fingerprint density at radius 1 is 1.04 bits per heavy atom. The predicted octanol–water partition coefficient (Wildman–Crippen LogP) is 3.01. The van der Waals surface area contributed by atoms with Crippen molar-refractivity contribution in [3.8, 4) is 11.5 Å². The van der Waals surface area contributed by atoms with Gasteiger partial charge in [0.05, 0.1) is 25.2 Å². The molecule has 6 heteroatoms. The van der Waals surface area contributed by atoms with Crippen LogP contribution >= 0.6 is 0 Å². The Morgan fingerprint density at radius 3 is 2.29 bits per heavy atom. The number of amides is 1. The number of benzene rings is 2. The zero-order chi connectivity index (χ0) is 20.1. The number of nitrogens with one attached hydrogen (secondary N) is 1. The van der Waals surface area contributed by atoms with Crippen LogP contribution in [0.15, 0.2) is 53.5 Å². The number of hydrogen-bond acceptors (Lipinski definition) is 4. The summed E-state index contributed by atoms with van der Waals surface area (Å²) in [7, 11) is 3.04. The van der Waals surface area contributed by atoms with E-state index < -0.39 is 0 Å². The normalized spacial score (nSPS) is 10.7. The third-order valence-electron chi connectivity index (χ3n) is 4.72. The molecule has 0 spiro atoms. The van der Waals surface area contributed by atoms with Gasteiger partial charge in [0.2, 0.25) is 0 Å². The Kier molecular flexibility index (Phi) is 5.99. The quantitative estimate of drug-likeness (QED) is 0.684. The van der Waals surface area contributed by atoms with Crippen molar-refractivity contribution in [1.82, 2.24) is 9.88 Å². The van der Waals surface area contributed by atoms with E-state index in [4.69, 9.17) is 9.47 Å². The second kappa shape index (κ2) is 8.61. The number of hydrogen-bond donors (Lipinski definition) is 1. The van der Waals surface area contributed by atoms with Crippen molar-refractivity contribution in [2.75, 3.05) is 20.8 Å². The highest BCUT2D eigenvalue weighted by molar-refractivity contribution is 6.07. The maximum Gasteiger partial charge on any atom is 0.258 e. The van der Waals surface area contributed by atoms with Crippen molar-refractivity contribution in [3.05, 3.63) is 70.1 Å². The van der Waals surface area contributed by atoms with Crippen molar-refractivity contribution in [2.45, 2.75) is 19.9 Å². The van der Waals surface area contributed by atoms with E-state index in [1.807, 2.05) is 37.3 Å². The maximum absolute atomic E-state index is 12.9. The van der Waals surface area contributed by atoms with E-state index in [2.05, 4.69) is 5.32 Å². The molecule has 0 aliphatic carbocycles. The molecule has 0 aliphatic heterocycles. The second-order valence-corrected chi connectivity index (χ2v) is 6.38. The van der Waals surface area contributed by atoms with Crippen LogP contribution in [-0.2, 0) is 13.0 Å². The lowest BCUT2D eigenvalue weighted by atomic mass is 10.1. The average molecular weight is 380 g/mol. The highest BCUT2D eigenvalue weighted by atomic mass is 16.5. The lowest BCUT2D eigenvalue weighted by Gasteiger charge is -2.14. The molecule has 0 radical (unpaired) electrons. The van der Waals surface area contributed by atoms with Crippen LogP contribution in [0.4, 0.5) is 0 Å². The molecule has 146 valence electrons. The minimum absolute atomic E-state index is 0.167. The van der Waals surface area contributed by atoms with Gasteiger partial charge >= 0.3 is 0 Å². The van der Waals surface area contributed by atoms with E-state index in [1.165, 1.54) is 18.8 Å². The highest BCUT2D eigenvalue weighted by Gasteiger charge is 2.17. The summed E-state index contributed by atoms with van der Waals surface area (Å²) in [6.45, 7) is 2.83. The van der Waals surface area contributed by atoms with Gasteiger partial charge in [-0.05, 0) is 31.0 Å². The molecule has 3 aromatic rings. The Labute approximate surface area is 163 Å². The number of ether oxygens (including phenoxy) is 2. The first kappa shape index (κ1) is 19.5. The monoisotopic (exact) mass is 380 g/mol. The largest absolute Gasteiger partial charge is 0.493 e. The van der Waals surface area contributed by atoms with Crippen molar-refractivity contribution >= 4 is 16.7 Å². The number of aryl methyl sites for hydroxylation is 1. The molecule has 1 aromatic heterocycles. The maximum atomic E-state index is 12.9. The first-order chi connectivity index (χ1) is 13.6. The Balaban J connectivity index is 1.97. The third-order valence-corrected chi connectivity index (χ3v) is 4.72. The lowest BCUT2D eigenvalue weighted by molar-refractivity contribution is 0.0955. The van der Waals surface area contributed by atoms with E-state index in [0.29, 0.717) is 40.9 Å². The molecule has 0 aliphatic rings. The van der Waals surface area contributed by atoms with Crippen LogP contribution in [0, 0.1) is 0 Å². The summed E-state index contributed by atoms with van der Waals surface area (Å²) < 4.78 is 12.2. The van der Waals surface area contributed by atoms with Gasteiger partial charge in [0, 0.05) is 24.7 Å². The summed E-state index contributed by atoms with van der Waals surface area (Å²) in [6.07, 6.45) is 2.34. The van der Waals surface area contributed by atoms with Gasteiger partial charge in [-0.1, -0.05) is 30.3 Å².